The van der Waals surface area contributed by atoms with Crippen LogP contribution in [0.25, 0.3) is 0 Å². The molecule has 0 aliphatic carbocycles. The maximum absolute atomic E-state index is 12.6. The molecule has 3 heterocycles. The van der Waals surface area contributed by atoms with E-state index >= 15 is 0 Å². The zero-order chi connectivity index (χ0) is 21.5. The van der Waals surface area contributed by atoms with Crippen LogP contribution in [-0.4, -0.2) is 76.9 Å². The number of thiophene rings is 1. The molecular formula is C20H25N5O4S. The topological polar surface area (TPSA) is 105 Å². The van der Waals surface area contributed by atoms with E-state index in [2.05, 4.69) is 15.3 Å². The maximum Gasteiger partial charge on any atom is 0.341 e. The molecule has 2 aromatic heterocycles. The lowest BCUT2D eigenvalue weighted by atomic mass is 10.2. The number of aryl methyl sites for hydroxylation is 1. The third kappa shape index (κ3) is 5.39. The lowest BCUT2D eigenvalue weighted by molar-refractivity contribution is -0.117. The standard InChI is InChI=1S/C20H25N5O4S/c1-3-14-11-15(20(28)29-4-2)18(30-14)23-17(26)13-24-7-9-25(10-8-24)19(27)16-12-21-5-6-22-16/h5-6,11-12H,3-4,7-10,13H2,1-2H3,(H,23,26). The summed E-state index contributed by atoms with van der Waals surface area (Å²) < 4.78 is 5.09. The number of esters is 1. The Morgan fingerprint density at radius 3 is 2.57 bits per heavy atom. The molecule has 30 heavy (non-hydrogen) atoms. The van der Waals surface area contributed by atoms with E-state index in [9.17, 15) is 14.4 Å². The quantitative estimate of drug-likeness (QED) is 0.665. The molecule has 3 rings (SSSR count). The fourth-order valence-corrected chi connectivity index (χ4v) is 4.12. The van der Waals surface area contributed by atoms with Gasteiger partial charge in [0.15, 0.2) is 0 Å². The molecule has 1 fully saturated rings. The van der Waals surface area contributed by atoms with Crippen LogP contribution < -0.4 is 5.32 Å². The summed E-state index contributed by atoms with van der Waals surface area (Å²) in [6, 6.07) is 1.77. The third-order valence-electron chi connectivity index (χ3n) is 4.69. The first kappa shape index (κ1) is 21.8. The van der Waals surface area contributed by atoms with Crippen LogP contribution in [0.15, 0.2) is 24.7 Å². The Morgan fingerprint density at radius 1 is 1.17 bits per heavy atom. The van der Waals surface area contributed by atoms with Crippen LogP contribution in [0.3, 0.4) is 0 Å². The van der Waals surface area contributed by atoms with Gasteiger partial charge in [0.1, 0.15) is 10.7 Å². The molecule has 10 heteroatoms. The second-order valence-corrected chi connectivity index (χ2v) is 7.87. The van der Waals surface area contributed by atoms with Gasteiger partial charge in [-0.05, 0) is 19.4 Å². The molecule has 9 nitrogen and oxygen atoms in total. The Kier molecular flexibility index (Phi) is 7.47. The fourth-order valence-electron chi connectivity index (χ4n) is 3.12. The van der Waals surface area contributed by atoms with Crippen molar-refractivity contribution in [2.75, 3.05) is 44.6 Å². The van der Waals surface area contributed by atoms with E-state index in [4.69, 9.17) is 4.74 Å². The van der Waals surface area contributed by atoms with Gasteiger partial charge in [0, 0.05) is 43.4 Å². The number of carbonyl (C=O) groups is 3. The highest BCUT2D eigenvalue weighted by Crippen LogP contribution is 2.29. The smallest absolute Gasteiger partial charge is 0.341 e. The van der Waals surface area contributed by atoms with Gasteiger partial charge in [0.2, 0.25) is 5.91 Å². The van der Waals surface area contributed by atoms with Crippen LogP contribution in [-0.2, 0) is 16.0 Å². The predicted molar refractivity (Wildman–Crippen MR) is 113 cm³/mol. The molecule has 0 aromatic carbocycles. The monoisotopic (exact) mass is 431 g/mol. The van der Waals surface area contributed by atoms with Crippen LogP contribution in [0.4, 0.5) is 5.00 Å². The first-order valence-corrected chi connectivity index (χ1v) is 10.7. The minimum absolute atomic E-state index is 0.156. The first-order valence-electron chi connectivity index (χ1n) is 9.89. The van der Waals surface area contributed by atoms with Gasteiger partial charge in [0.05, 0.1) is 24.9 Å². The largest absolute Gasteiger partial charge is 0.462 e. The molecule has 1 saturated heterocycles. The van der Waals surface area contributed by atoms with Gasteiger partial charge in [-0.15, -0.1) is 11.3 Å². The van der Waals surface area contributed by atoms with E-state index in [0.29, 0.717) is 42.4 Å². The van der Waals surface area contributed by atoms with E-state index in [1.807, 2.05) is 11.8 Å². The summed E-state index contributed by atoms with van der Waals surface area (Å²) in [4.78, 5) is 49.8. The molecule has 1 N–H and O–H groups in total. The van der Waals surface area contributed by atoms with Crippen molar-refractivity contribution in [1.29, 1.82) is 0 Å². The molecule has 2 aromatic rings. The number of amides is 2. The van der Waals surface area contributed by atoms with Crippen molar-refractivity contribution in [3.05, 3.63) is 40.8 Å². The molecule has 0 unspecified atom stereocenters. The highest BCUT2D eigenvalue weighted by atomic mass is 32.1. The summed E-state index contributed by atoms with van der Waals surface area (Å²) in [5, 5.41) is 3.37. The minimum atomic E-state index is -0.431. The first-order chi connectivity index (χ1) is 14.5. The molecule has 0 bridgehead atoms. The van der Waals surface area contributed by atoms with Gasteiger partial charge in [0.25, 0.3) is 5.91 Å². The number of carbonyl (C=O) groups excluding carboxylic acids is 3. The average Bonchev–Trinajstić information content (AvgIpc) is 3.17. The summed E-state index contributed by atoms with van der Waals surface area (Å²) >= 11 is 1.39. The van der Waals surface area contributed by atoms with Crippen LogP contribution in [0.1, 0.15) is 39.6 Å². The van der Waals surface area contributed by atoms with Crippen molar-refractivity contribution in [1.82, 2.24) is 19.8 Å². The molecule has 160 valence electrons. The molecule has 0 spiro atoms. The summed E-state index contributed by atoms with van der Waals surface area (Å²) in [6.07, 6.45) is 5.24. The summed E-state index contributed by atoms with van der Waals surface area (Å²) in [7, 11) is 0. The maximum atomic E-state index is 12.6. The van der Waals surface area contributed by atoms with Crippen molar-refractivity contribution < 1.29 is 19.1 Å². The van der Waals surface area contributed by atoms with Crippen LogP contribution >= 0.6 is 11.3 Å². The molecule has 2 amide bonds. The highest BCUT2D eigenvalue weighted by molar-refractivity contribution is 7.16. The van der Waals surface area contributed by atoms with Crippen LogP contribution in [0, 0.1) is 0 Å². The molecular weight excluding hydrogens is 406 g/mol. The van der Waals surface area contributed by atoms with E-state index in [1.165, 1.54) is 29.9 Å². The summed E-state index contributed by atoms with van der Waals surface area (Å²) in [5.74, 6) is -0.782. The van der Waals surface area contributed by atoms with Gasteiger partial charge in [-0.1, -0.05) is 6.92 Å². The third-order valence-corrected chi connectivity index (χ3v) is 5.88. The van der Waals surface area contributed by atoms with E-state index in [0.717, 1.165) is 11.3 Å². The van der Waals surface area contributed by atoms with Crippen molar-refractivity contribution >= 4 is 34.1 Å². The van der Waals surface area contributed by atoms with Gasteiger partial charge in [-0.2, -0.15) is 0 Å². The molecule has 0 radical (unpaired) electrons. The van der Waals surface area contributed by atoms with E-state index in [1.54, 1.807) is 17.9 Å². The summed E-state index contributed by atoms with van der Waals surface area (Å²) in [5.41, 5.74) is 0.714. The number of anilines is 1. The minimum Gasteiger partial charge on any atom is -0.462 e. The van der Waals surface area contributed by atoms with Crippen molar-refractivity contribution in [3.8, 4) is 0 Å². The van der Waals surface area contributed by atoms with Gasteiger partial charge in [-0.3, -0.25) is 19.5 Å². The zero-order valence-electron chi connectivity index (χ0n) is 17.1. The van der Waals surface area contributed by atoms with Crippen LogP contribution in [0.2, 0.25) is 0 Å². The fraction of sp³-hybridized carbons (Fsp3) is 0.450. The predicted octanol–water partition coefficient (Wildman–Crippen LogP) is 1.67. The Morgan fingerprint density at radius 2 is 1.93 bits per heavy atom. The van der Waals surface area contributed by atoms with Crippen LogP contribution in [0.5, 0.6) is 0 Å². The number of nitrogens with one attached hydrogen (secondary N) is 1. The number of rotatable bonds is 7. The molecule has 1 aliphatic rings. The second kappa shape index (κ2) is 10.3. The number of nitrogens with zero attached hydrogens (tertiary/aromatic N) is 4. The van der Waals surface area contributed by atoms with Gasteiger partial charge < -0.3 is 15.0 Å². The van der Waals surface area contributed by atoms with Crippen molar-refractivity contribution in [3.63, 3.8) is 0 Å². The Balaban J connectivity index is 1.54. The SMILES string of the molecule is CCOC(=O)c1cc(CC)sc1NC(=O)CN1CCN(C(=O)c2cnccn2)CC1. The lowest BCUT2D eigenvalue weighted by Gasteiger charge is -2.34. The number of hydrogen-bond acceptors (Lipinski definition) is 8. The molecule has 0 atom stereocenters. The van der Waals surface area contributed by atoms with Gasteiger partial charge >= 0.3 is 5.97 Å². The summed E-state index contributed by atoms with van der Waals surface area (Å²) in [6.45, 7) is 6.39. The number of aromatic nitrogens is 2. The van der Waals surface area contributed by atoms with Gasteiger partial charge in [-0.25, -0.2) is 9.78 Å². The Hall–Kier alpha value is -2.85. The number of ether oxygens (including phenoxy) is 1. The van der Waals surface area contributed by atoms with E-state index < -0.39 is 5.97 Å². The average molecular weight is 432 g/mol. The van der Waals surface area contributed by atoms with Crippen molar-refractivity contribution in [2.45, 2.75) is 20.3 Å². The lowest BCUT2D eigenvalue weighted by Crippen LogP contribution is -2.50. The molecule has 0 saturated carbocycles. The Labute approximate surface area is 179 Å². The Bertz CT molecular complexity index is 894. The number of hydrogen-bond donors (Lipinski definition) is 1. The van der Waals surface area contributed by atoms with Crippen molar-refractivity contribution in [2.24, 2.45) is 0 Å². The normalized spacial score (nSPS) is 14.4. The molecule has 1 aliphatic heterocycles. The zero-order valence-corrected chi connectivity index (χ0v) is 17.9. The van der Waals surface area contributed by atoms with E-state index in [-0.39, 0.29) is 25.0 Å². The number of piperazine rings is 1. The highest BCUT2D eigenvalue weighted by Gasteiger charge is 2.25. The second-order valence-electron chi connectivity index (χ2n) is 6.74.